The van der Waals surface area contributed by atoms with Crippen molar-refractivity contribution in [2.45, 2.75) is 18.6 Å². The number of pyridine rings is 2. The summed E-state index contributed by atoms with van der Waals surface area (Å²) in [6.45, 7) is 1.30. The first kappa shape index (κ1) is 22.7. The predicted octanol–water partition coefficient (Wildman–Crippen LogP) is 1.97. The Kier molecular flexibility index (Phi) is 6.23. The molecule has 1 unspecified atom stereocenters. The van der Waals surface area contributed by atoms with E-state index in [9.17, 15) is 14.7 Å². The number of nitrogens with one attached hydrogen (secondary N) is 1. The average Bonchev–Trinajstić information content (AvgIpc) is 3.26. The molecule has 3 aromatic rings. The maximum absolute atomic E-state index is 12.5. The number of aromatic nitrogens is 2. The quantitative estimate of drug-likeness (QED) is 0.521. The molecule has 182 valence electrons. The average molecular weight is 480 g/mol. The molecule has 11 nitrogen and oxygen atoms in total. The SMILES string of the molecule is COc1ccc2nccc([C@H](O)CC(=O)NCC3CN(c4ccc5c(c4)OCCO5)C(=O)O3)c2n1. The Hall–Kier alpha value is -4.12. The molecule has 2 N–H and O–H groups in total. The van der Waals surface area contributed by atoms with Gasteiger partial charge in [0, 0.05) is 23.9 Å². The zero-order valence-corrected chi connectivity index (χ0v) is 19.0. The van der Waals surface area contributed by atoms with Gasteiger partial charge in [-0.1, -0.05) is 0 Å². The van der Waals surface area contributed by atoms with E-state index in [-0.39, 0.29) is 25.4 Å². The first-order valence-electron chi connectivity index (χ1n) is 11.1. The second kappa shape index (κ2) is 9.63. The Morgan fingerprint density at radius 2 is 2.06 bits per heavy atom. The lowest BCUT2D eigenvalue weighted by molar-refractivity contribution is -0.123. The smallest absolute Gasteiger partial charge is 0.414 e. The Balaban J connectivity index is 1.18. The zero-order chi connectivity index (χ0) is 24.4. The molecule has 2 aliphatic heterocycles. The molecular formula is C24H24N4O7. The fourth-order valence-corrected chi connectivity index (χ4v) is 4.03. The van der Waals surface area contributed by atoms with Crippen LogP contribution in [0.1, 0.15) is 18.1 Å². The van der Waals surface area contributed by atoms with Crippen LogP contribution in [0.25, 0.3) is 11.0 Å². The molecular weight excluding hydrogens is 456 g/mol. The number of rotatable bonds is 7. The van der Waals surface area contributed by atoms with E-state index in [1.807, 2.05) is 0 Å². The van der Waals surface area contributed by atoms with Gasteiger partial charge in [-0.3, -0.25) is 14.7 Å². The molecule has 35 heavy (non-hydrogen) atoms. The highest BCUT2D eigenvalue weighted by molar-refractivity contribution is 5.90. The third-order valence-corrected chi connectivity index (χ3v) is 5.77. The topological polar surface area (TPSA) is 132 Å². The Labute approximate surface area is 200 Å². The number of carbonyl (C=O) groups excluding carboxylic acids is 2. The van der Waals surface area contributed by atoms with Gasteiger partial charge in [0.2, 0.25) is 11.8 Å². The van der Waals surface area contributed by atoms with Crippen molar-refractivity contribution in [3.8, 4) is 17.4 Å². The molecule has 0 bridgehead atoms. The highest BCUT2D eigenvalue weighted by Crippen LogP contribution is 2.35. The minimum Gasteiger partial charge on any atom is -0.486 e. The monoisotopic (exact) mass is 480 g/mol. The number of benzene rings is 1. The van der Waals surface area contributed by atoms with Gasteiger partial charge in [0.05, 0.1) is 49.4 Å². The van der Waals surface area contributed by atoms with Crippen LogP contribution in [0, 0.1) is 0 Å². The van der Waals surface area contributed by atoms with Crippen LogP contribution in [-0.2, 0) is 9.53 Å². The summed E-state index contributed by atoms with van der Waals surface area (Å²) >= 11 is 0. The molecule has 4 heterocycles. The number of amides is 2. The molecule has 2 atom stereocenters. The molecule has 2 amide bonds. The summed E-state index contributed by atoms with van der Waals surface area (Å²) < 4.78 is 21.6. The Morgan fingerprint density at radius 3 is 2.89 bits per heavy atom. The summed E-state index contributed by atoms with van der Waals surface area (Å²) in [5.41, 5.74) is 2.14. The van der Waals surface area contributed by atoms with Crippen molar-refractivity contribution in [1.29, 1.82) is 0 Å². The van der Waals surface area contributed by atoms with Crippen LogP contribution in [0.3, 0.4) is 0 Å². The van der Waals surface area contributed by atoms with Crippen molar-refractivity contribution in [1.82, 2.24) is 15.3 Å². The fourth-order valence-electron chi connectivity index (χ4n) is 4.03. The summed E-state index contributed by atoms with van der Waals surface area (Å²) in [5, 5.41) is 13.4. The van der Waals surface area contributed by atoms with E-state index in [4.69, 9.17) is 18.9 Å². The first-order chi connectivity index (χ1) is 17.0. The second-order valence-electron chi connectivity index (χ2n) is 8.09. The van der Waals surface area contributed by atoms with E-state index in [0.29, 0.717) is 52.9 Å². The number of hydrogen-bond donors (Lipinski definition) is 2. The number of carbonyl (C=O) groups is 2. The molecule has 0 spiro atoms. The van der Waals surface area contributed by atoms with Crippen LogP contribution >= 0.6 is 0 Å². The minimum absolute atomic E-state index is 0.113. The lowest BCUT2D eigenvalue weighted by Gasteiger charge is -2.21. The number of ether oxygens (including phenoxy) is 4. The maximum atomic E-state index is 12.5. The Bertz CT molecular complexity index is 1270. The van der Waals surface area contributed by atoms with Crippen molar-refractivity contribution < 1.29 is 33.6 Å². The normalized spacial score (nSPS) is 17.7. The van der Waals surface area contributed by atoms with Crippen LogP contribution in [0.15, 0.2) is 42.6 Å². The molecule has 1 fully saturated rings. The number of methoxy groups -OCH3 is 1. The number of fused-ring (bicyclic) bond motifs is 2. The van der Waals surface area contributed by atoms with Crippen LogP contribution in [0.5, 0.6) is 17.4 Å². The Morgan fingerprint density at radius 1 is 1.23 bits per heavy atom. The molecule has 0 saturated carbocycles. The van der Waals surface area contributed by atoms with Gasteiger partial charge < -0.3 is 29.4 Å². The van der Waals surface area contributed by atoms with E-state index in [1.54, 1.807) is 42.6 Å². The van der Waals surface area contributed by atoms with Gasteiger partial charge in [0.25, 0.3) is 0 Å². The van der Waals surface area contributed by atoms with E-state index in [1.165, 1.54) is 12.0 Å². The van der Waals surface area contributed by atoms with Crippen molar-refractivity contribution in [2.75, 3.05) is 38.3 Å². The van der Waals surface area contributed by atoms with E-state index >= 15 is 0 Å². The van der Waals surface area contributed by atoms with Crippen molar-refractivity contribution in [3.63, 3.8) is 0 Å². The van der Waals surface area contributed by atoms with Crippen LogP contribution in [0.2, 0.25) is 0 Å². The van der Waals surface area contributed by atoms with Gasteiger partial charge in [0.15, 0.2) is 11.5 Å². The lowest BCUT2D eigenvalue weighted by atomic mass is 10.1. The number of nitrogens with zero attached hydrogens (tertiary/aromatic N) is 3. The summed E-state index contributed by atoms with van der Waals surface area (Å²) in [6.07, 6.45) is -0.781. The van der Waals surface area contributed by atoms with Gasteiger partial charge in [-0.25, -0.2) is 9.78 Å². The molecule has 0 radical (unpaired) electrons. The number of cyclic esters (lactones) is 1. The van der Waals surface area contributed by atoms with Crippen molar-refractivity contribution >= 4 is 28.7 Å². The molecule has 1 aromatic carbocycles. The number of anilines is 1. The molecule has 5 rings (SSSR count). The highest BCUT2D eigenvalue weighted by atomic mass is 16.6. The van der Waals surface area contributed by atoms with E-state index in [0.717, 1.165) is 0 Å². The summed E-state index contributed by atoms with van der Waals surface area (Å²) in [7, 11) is 1.50. The third kappa shape index (κ3) is 4.76. The van der Waals surface area contributed by atoms with Crippen molar-refractivity contribution in [2.24, 2.45) is 0 Å². The van der Waals surface area contributed by atoms with Gasteiger partial charge >= 0.3 is 6.09 Å². The predicted molar refractivity (Wildman–Crippen MR) is 124 cm³/mol. The van der Waals surface area contributed by atoms with Crippen LogP contribution < -0.4 is 24.4 Å². The maximum Gasteiger partial charge on any atom is 0.414 e. The van der Waals surface area contributed by atoms with E-state index in [2.05, 4.69) is 15.3 Å². The van der Waals surface area contributed by atoms with Crippen molar-refractivity contribution in [3.05, 3.63) is 48.2 Å². The highest BCUT2D eigenvalue weighted by Gasteiger charge is 2.33. The fraction of sp³-hybridized carbons (Fsp3) is 0.333. The van der Waals surface area contributed by atoms with Gasteiger partial charge in [-0.05, 0) is 24.3 Å². The second-order valence-corrected chi connectivity index (χ2v) is 8.09. The molecule has 0 aliphatic carbocycles. The van der Waals surface area contributed by atoms with Gasteiger partial charge in [0.1, 0.15) is 19.3 Å². The summed E-state index contributed by atoms with van der Waals surface area (Å²) in [4.78, 5) is 35.0. The number of hydrogen-bond acceptors (Lipinski definition) is 9. The lowest BCUT2D eigenvalue weighted by Crippen LogP contribution is -2.35. The van der Waals surface area contributed by atoms with Crippen LogP contribution in [0.4, 0.5) is 10.5 Å². The summed E-state index contributed by atoms with van der Waals surface area (Å²) in [6, 6.07) is 10.3. The number of aliphatic hydroxyl groups excluding tert-OH is 1. The first-order valence-corrected chi connectivity index (χ1v) is 11.1. The van der Waals surface area contributed by atoms with Gasteiger partial charge in [-0.2, -0.15) is 0 Å². The third-order valence-electron chi connectivity index (χ3n) is 5.77. The molecule has 2 aliphatic rings. The zero-order valence-electron chi connectivity index (χ0n) is 19.0. The number of aliphatic hydroxyl groups is 1. The van der Waals surface area contributed by atoms with Crippen LogP contribution in [-0.4, -0.2) is 66.6 Å². The van der Waals surface area contributed by atoms with Gasteiger partial charge in [-0.15, -0.1) is 0 Å². The summed E-state index contributed by atoms with van der Waals surface area (Å²) in [5.74, 6) is 1.20. The van der Waals surface area contributed by atoms with E-state index < -0.39 is 18.3 Å². The molecule has 1 saturated heterocycles. The standard InChI is InChI=1S/C24H24N4O7/c1-32-22-5-3-17-23(27-22)16(6-7-25-17)18(29)11-21(30)26-12-15-13-28(24(31)35-15)14-2-4-19-20(10-14)34-9-8-33-19/h2-7,10,15,18,29H,8-9,11-13H2,1H3,(H,26,30)/t15?,18-/m1/s1. The molecule has 2 aromatic heterocycles. The molecule has 11 heteroatoms. The largest absolute Gasteiger partial charge is 0.486 e. The minimum atomic E-state index is -1.10.